The lowest BCUT2D eigenvalue weighted by Gasteiger charge is -2.21. The molecule has 0 radical (unpaired) electrons. The highest BCUT2D eigenvalue weighted by atomic mass is 16.2. The summed E-state index contributed by atoms with van der Waals surface area (Å²) < 4.78 is 0. The number of nitrogens with one attached hydrogen (secondary N) is 1. The van der Waals surface area contributed by atoms with Crippen LogP contribution in [0, 0.1) is 11.3 Å². The van der Waals surface area contributed by atoms with Crippen LogP contribution in [0.25, 0.3) is 0 Å². The van der Waals surface area contributed by atoms with E-state index in [1.165, 1.54) is 25.7 Å². The Morgan fingerprint density at radius 3 is 2.64 bits per heavy atom. The Bertz CT molecular complexity index is 820. The predicted octanol–water partition coefficient (Wildman–Crippen LogP) is 3.68. The zero-order valence-corrected chi connectivity index (χ0v) is 16.4. The SMILES string of the molecule is CN(Cc1cccc(C#N)c1)C(=O)NCc1ccc(N2CCCCCC2)nc1. The van der Waals surface area contributed by atoms with Gasteiger partial charge in [0.05, 0.1) is 11.6 Å². The minimum absolute atomic E-state index is 0.154. The largest absolute Gasteiger partial charge is 0.357 e. The normalized spacial score (nSPS) is 14.1. The molecule has 0 atom stereocenters. The fourth-order valence-electron chi connectivity index (χ4n) is 3.41. The Balaban J connectivity index is 1.50. The summed E-state index contributed by atoms with van der Waals surface area (Å²) in [5.74, 6) is 1.02. The number of anilines is 1. The number of rotatable bonds is 5. The Morgan fingerprint density at radius 1 is 1.18 bits per heavy atom. The summed E-state index contributed by atoms with van der Waals surface area (Å²) in [6.45, 7) is 3.03. The molecule has 6 heteroatoms. The summed E-state index contributed by atoms with van der Waals surface area (Å²) in [6.07, 6.45) is 6.90. The van der Waals surface area contributed by atoms with E-state index in [2.05, 4.69) is 21.3 Å². The van der Waals surface area contributed by atoms with Crippen LogP contribution in [-0.2, 0) is 13.1 Å². The maximum atomic E-state index is 12.3. The molecule has 0 aliphatic carbocycles. The number of aromatic nitrogens is 1. The van der Waals surface area contributed by atoms with Crippen molar-refractivity contribution in [1.82, 2.24) is 15.2 Å². The van der Waals surface area contributed by atoms with E-state index in [0.717, 1.165) is 30.0 Å². The van der Waals surface area contributed by atoms with Gasteiger partial charge in [0.15, 0.2) is 0 Å². The number of urea groups is 1. The van der Waals surface area contributed by atoms with Gasteiger partial charge in [-0.25, -0.2) is 9.78 Å². The van der Waals surface area contributed by atoms with Crippen molar-refractivity contribution in [2.75, 3.05) is 25.0 Å². The second kappa shape index (κ2) is 9.75. The zero-order chi connectivity index (χ0) is 19.8. The average molecular weight is 377 g/mol. The Labute approximate surface area is 166 Å². The van der Waals surface area contributed by atoms with Crippen LogP contribution in [0.4, 0.5) is 10.6 Å². The number of pyridine rings is 1. The number of hydrogen-bond acceptors (Lipinski definition) is 4. The van der Waals surface area contributed by atoms with Crippen LogP contribution in [-0.4, -0.2) is 36.1 Å². The quantitative estimate of drug-likeness (QED) is 0.863. The van der Waals surface area contributed by atoms with E-state index in [1.807, 2.05) is 30.5 Å². The van der Waals surface area contributed by atoms with Gasteiger partial charge < -0.3 is 15.1 Å². The van der Waals surface area contributed by atoms with Gasteiger partial charge in [0.2, 0.25) is 0 Å². The van der Waals surface area contributed by atoms with Gasteiger partial charge in [0, 0.05) is 39.4 Å². The molecular weight excluding hydrogens is 350 g/mol. The molecule has 28 heavy (non-hydrogen) atoms. The molecule has 1 aromatic carbocycles. The Hall–Kier alpha value is -3.07. The molecule has 0 spiro atoms. The van der Waals surface area contributed by atoms with Crippen LogP contribution in [0.1, 0.15) is 42.4 Å². The van der Waals surface area contributed by atoms with Crippen molar-refractivity contribution in [3.05, 3.63) is 59.3 Å². The first-order chi connectivity index (χ1) is 13.7. The molecule has 0 unspecified atom stereocenters. The molecule has 1 aliphatic heterocycles. The molecule has 146 valence electrons. The number of hydrogen-bond donors (Lipinski definition) is 1. The minimum Gasteiger partial charge on any atom is -0.357 e. The van der Waals surface area contributed by atoms with E-state index < -0.39 is 0 Å². The van der Waals surface area contributed by atoms with Crippen molar-refractivity contribution in [3.8, 4) is 6.07 Å². The van der Waals surface area contributed by atoms with Crippen molar-refractivity contribution in [3.63, 3.8) is 0 Å². The van der Waals surface area contributed by atoms with E-state index in [1.54, 1.807) is 24.1 Å². The zero-order valence-electron chi connectivity index (χ0n) is 16.4. The molecule has 2 heterocycles. The summed E-state index contributed by atoms with van der Waals surface area (Å²) in [4.78, 5) is 20.9. The van der Waals surface area contributed by atoms with Gasteiger partial charge in [-0.1, -0.05) is 31.0 Å². The lowest BCUT2D eigenvalue weighted by atomic mass is 10.1. The molecule has 1 aliphatic rings. The van der Waals surface area contributed by atoms with E-state index in [9.17, 15) is 4.79 Å². The van der Waals surface area contributed by atoms with Crippen molar-refractivity contribution < 1.29 is 4.79 Å². The molecule has 0 saturated carbocycles. The Morgan fingerprint density at radius 2 is 1.96 bits per heavy atom. The number of amides is 2. The molecule has 1 fully saturated rings. The number of carbonyl (C=O) groups is 1. The first-order valence-corrected chi connectivity index (χ1v) is 9.83. The van der Waals surface area contributed by atoms with Crippen molar-refractivity contribution >= 4 is 11.8 Å². The maximum Gasteiger partial charge on any atom is 0.317 e. The highest BCUT2D eigenvalue weighted by Gasteiger charge is 2.12. The van der Waals surface area contributed by atoms with Gasteiger partial charge in [0.1, 0.15) is 5.82 Å². The van der Waals surface area contributed by atoms with Crippen molar-refractivity contribution in [2.24, 2.45) is 0 Å². The fourth-order valence-corrected chi connectivity index (χ4v) is 3.41. The van der Waals surface area contributed by atoms with Crippen LogP contribution in [0.15, 0.2) is 42.6 Å². The highest BCUT2D eigenvalue weighted by molar-refractivity contribution is 5.73. The summed E-state index contributed by atoms with van der Waals surface area (Å²) >= 11 is 0. The molecule has 2 aromatic rings. The number of carbonyl (C=O) groups excluding carboxylic acids is 1. The molecule has 2 amide bonds. The summed E-state index contributed by atoms with van der Waals surface area (Å²) in [5, 5.41) is 11.9. The lowest BCUT2D eigenvalue weighted by molar-refractivity contribution is 0.206. The number of nitrogens with zero attached hydrogens (tertiary/aromatic N) is 4. The predicted molar refractivity (Wildman–Crippen MR) is 110 cm³/mol. The number of nitriles is 1. The van der Waals surface area contributed by atoms with Crippen LogP contribution in [0.2, 0.25) is 0 Å². The minimum atomic E-state index is -0.154. The molecular formula is C22H27N5O. The van der Waals surface area contributed by atoms with E-state index >= 15 is 0 Å². The van der Waals surface area contributed by atoms with Crippen LogP contribution >= 0.6 is 0 Å². The molecule has 1 aromatic heterocycles. The molecule has 6 nitrogen and oxygen atoms in total. The van der Waals surface area contributed by atoms with Gasteiger partial charge in [-0.3, -0.25) is 0 Å². The number of benzene rings is 1. The molecule has 3 rings (SSSR count). The fraction of sp³-hybridized carbons (Fsp3) is 0.409. The Kier molecular flexibility index (Phi) is 6.85. The average Bonchev–Trinajstić information content (AvgIpc) is 3.02. The van der Waals surface area contributed by atoms with Crippen LogP contribution < -0.4 is 10.2 Å². The third-order valence-electron chi connectivity index (χ3n) is 5.01. The first kappa shape index (κ1) is 19.7. The van der Waals surface area contributed by atoms with Gasteiger partial charge in [-0.2, -0.15) is 5.26 Å². The van der Waals surface area contributed by atoms with Crippen molar-refractivity contribution in [2.45, 2.75) is 38.8 Å². The third kappa shape index (κ3) is 5.46. The van der Waals surface area contributed by atoms with Gasteiger partial charge >= 0.3 is 6.03 Å². The summed E-state index contributed by atoms with van der Waals surface area (Å²) in [5.41, 5.74) is 2.51. The molecule has 1 saturated heterocycles. The molecule has 0 bridgehead atoms. The topological polar surface area (TPSA) is 72.3 Å². The van der Waals surface area contributed by atoms with Crippen LogP contribution in [0.3, 0.4) is 0 Å². The van der Waals surface area contributed by atoms with E-state index in [0.29, 0.717) is 18.7 Å². The van der Waals surface area contributed by atoms with Gasteiger partial charge in [-0.15, -0.1) is 0 Å². The molecule has 1 N–H and O–H groups in total. The monoisotopic (exact) mass is 377 g/mol. The highest BCUT2D eigenvalue weighted by Crippen LogP contribution is 2.17. The van der Waals surface area contributed by atoms with Gasteiger partial charge in [0.25, 0.3) is 0 Å². The summed E-state index contributed by atoms with van der Waals surface area (Å²) in [6, 6.07) is 13.3. The van der Waals surface area contributed by atoms with Crippen LogP contribution in [0.5, 0.6) is 0 Å². The summed E-state index contributed by atoms with van der Waals surface area (Å²) in [7, 11) is 1.75. The maximum absolute atomic E-state index is 12.3. The second-order valence-electron chi connectivity index (χ2n) is 7.25. The van der Waals surface area contributed by atoms with E-state index in [-0.39, 0.29) is 6.03 Å². The lowest BCUT2D eigenvalue weighted by Crippen LogP contribution is -2.36. The van der Waals surface area contributed by atoms with Gasteiger partial charge in [-0.05, 0) is 42.2 Å². The first-order valence-electron chi connectivity index (χ1n) is 9.83. The smallest absolute Gasteiger partial charge is 0.317 e. The van der Waals surface area contributed by atoms with Crippen molar-refractivity contribution in [1.29, 1.82) is 5.26 Å². The second-order valence-corrected chi connectivity index (χ2v) is 7.25. The standard InChI is InChI=1S/C22H27N5O/c1-26(17-19-8-6-7-18(13-19)14-23)22(28)25-16-20-9-10-21(24-15-20)27-11-4-2-3-5-12-27/h6-10,13,15H,2-5,11-12,16-17H2,1H3,(H,25,28). The van der Waals surface area contributed by atoms with E-state index in [4.69, 9.17) is 5.26 Å². The third-order valence-corrected chi connectivity index (χ3v) is 5.01.